The Morgan fingerprint density at radius 2 is 1.89 bits per heavy atom. The van der Waals surface area contributed by atoms with Crippen LogP contribution in [0, 0.1) is 0 Å². The van der Waals surface area contributed by atoms with Gasteiger partial charge in [-0.3, -0.25) is 9.59 Å². The molecule has 0 aromatic rings. The number of hydrogen-bond donors (Lipinski definition) is 2. The van der Waals surface area contributed by atoms with Crippen molar-refractivity contribution in [3.05, 3.63) is 0 Å². The number of hydrogen-bond acceptors (Lipinski definition) is 4. The number of ether oxygens (including phenoxy) is 1. The topological polar surface area (TPSA) is 70.7 Å². The third-order valence-corrected chi connectivity index (χ3v) is 3.64. The van der Waals surface area contributed by atoms with E-state index < -0.39 is 5.54 Å². The summed E-state index contributed by atoms with van der Waals surface area (Å²) in [6, 6.07) is 0.145. The van der Waals surface area contributed by atoms with Gasteiger partial charge in [0, 0.05) is 26.2 Å². The van der Waals surface area contributed by atoms with Gasteiger partial charge < -0.3 is 20.3 Å². The fourth-order valence-electron chi connectivity index (χ4n) is 1.97. The van der Waals surface area contributed by atoms with Crippen molar-refractivity contribution in [2.75, 3.05) is 33.9 Å². The molecule has 0 saturated carbocycles. The summed E-state index contributed by atoms with van der Waals surface area (Å²) >= 11 is 0. The van der Waals surface area contributed by atoms with Crippen molar-refractivity contribution in [2.45, 2.75) is 38.3 Å². The largest absolute Gasteiger partial charge is 0.375 e. The van der Waals surface area contributed by atoms with Gasteiger partial charge in [-0.1, -0.05) is 0 Å². The van der Waals surface area contributed by atoms with Crippen molar-refractivity contribution in [1.82, 2.24) is 15.5 Å². The molecule has 0 radical (unpaired) electrons. The minimum atomic E-state index is -0.566. The summed E-state index contributed by atoms with van der Waals surface area (Å²) in [7, 11) is 3.29. The number of nitrogens with zero attached hydrogens (tertiary/aromatic N) is 1. The Morgan fingerprint density at radius 1 is 1.32 bits per heavy atom. The highest BCUT2D eigenvalue weighted by Crippen LogP contribution is 2.12. The Hall–Kier alpha value is -1.14. The van der Waals surface area contributed by atoms with E-state index in [0.717, 1.165) is 12.8 Å². The zero-order valence-corrected chi connectivity index (χ0v) is 12.3. The van der Waals surface area contributed by atoms with Gasteiger partial charge in [-0.2, -0.15) is 0 Å². The molecule has 0 spiro atoms. The number of amides is 2. The molecule has 19 heavy (non-hydrogen) atoms. The number of carbonyl (C=O) groups is 2. The number of nitrogens with one attached hydrogen (secondary N) is 2. The van der Waals surface area contributed by atoms with E-state index in [-0.39, 0.29) is 24.5 Å². The zero-order valence-electron chi connectivity index (χ0n) is 12.3. The Balaban J connectivity index is 2.38. The highest BCUT2D eigenvalue weighted by Gasteiger charge is 2.29. The van der Waals surface area contributed by atoms with E-state index in [4.69, 9.17) is 4.74 Å². The lowest BCUT2D eigenvalue weighted by atomic mass is 10.0. The SMILES string of the molecule is CNC(C)(C)C(=O)NC1CCN(C(=O)COC)CC1. The number of methoxy groups -OCH3 is 1. The Bertz CT molecular complexity index is 323. The van der Waals surface area contributed by atoms with Gasteiger partial charge >= 0.3 is 0 Å². The number of likely N-dealkylation sites (tertiary alicyclic amines) is 1. The Kier molecular flexibility index (Phi) is 5.75. The number of likely N-dealkylation sites (N-methyl/N-ethyl adjacent to an activating group) is 1. The quantitative estimate of drug-likeness (QED) is 0.722. The summed E-state index contributed by atoms with van der Waals surface area (Å²) in [5, 5.41) is 6.01. The molecule has 1 aliphatic heterocycles. The first-order chi connectivity index (χ1) is 8.90. The molecule has 6 nitrogen and oxygen atoms in total. The molecule has 0 unspecified atom stereocenters. The maximum Gasteiger partial charge on any atom is 0.248 e. The molecule has 1 saturated heterocycles. The highest BCUT2D eigenvalue weighted by molar-refractivity contribution is 5.85. The summed E-state index contributed by atoms with van der Waals surface area (Å²) in [5.74, 6) is 0.0134. The van der Waals surface area contributed by atoms with Crippen LogP contribution >= 0.6 is 0 Å². The molecule has 0 atom stereocenters. The summed E-state index contributed by atoms with van der Waals surface area (Å²) in [5.41, 5.74) is -0.566. The van der Waals surface area contributed by atoms with E-state index in [1.165, 1.54) is 7.11 Å². The third-order valence-electron chi connectivity index (χ3n) is 3.64. The summed E-state index contributed by atoms with van der Waals surface area (Å²) in [4.78, 5) is 25.4. The van der Waals surface area contributed by atoms with E-state index in [1.807, 2.05) is 13.8 Å². The van der Waals surface area contributed by atoms with E-state index in [9.17, 15) is 9.59 Å². The number of carbonyl (C=O) groups excluding carboxylic acids is 2. The maximum absolute atomic E-state index is 12.0. The first-order valence-corrected chi connectivity index (χ1v) is 6.67. The van der Waals surface area contributed by atoms with Crippen molar-refractivity contribution in [1.29, 1.82) is 0 Å². The number of rotatable bonds is 5. The summed E-state index contributed by atoms with van der Waals surface area (Å²) in [6.45, 7) is 5.17. The van der Waals surface area contributed by atoms with E-state index in [1.54, 1.807) is 11.9 Å². The lowest BCUT2D eigenvalue weighted by molar-refractivity contribution is -0.136. The fraction of sp³-hybridized carbons (Fsp3) is 0.846. The van der Waals surface area contributed by atoms with E-state index in [0.29, 0.717) is 13.1 Å². The molecule has 0 aromatic heterocycles. The molecule has 110 valence electrons. The first-order valence-electron chi connectivity index (χ1n) is 6.67. The predicted octanol–water partition coefficient (Wildman–Crippen LogP) is -0.262. The smallest absolute Gasteiger partial charge is 0.248 e. The molecule has 1 heterocycles. The Morgan fingerprint density at radius 3 is 2.37 bits per heavy atom. The summed E-state index contributed by atoms with van der Waals surface area (Å²) in [6.07, 6.45) is 1.59. The lowest BCUT2D eigenvalue weighted by Crippen LogP contribution is -2.55. The zero-order chi connectivity index (χ0) is 14.5. The average molecular weight is 271 g/mol. The molecule has 1 aliphatic rings. The average Bonchev–Trinajstić information content (AvgIpc) is 2.39. The van der Waals surface area contributed by atoms with E-state index in [2.05, 4.69) is 10.6 Å². The molecule has 0 bridgehead atoms. The van der Waals surface area contributed by atoms with Gasteiger partial charge in [0.1, 0.15) is 6.61 Å². The number of piperidine rings is 1. The molecule has 0 aliphatic carbocycles. The predicted molar refractivity (Wildman–Crippen MR) is 72.8 cm³/mol. The second kappa shape index (κ2) is 6.86. The minimum absolute atomic E-state index is 0.00309. The molecule has 1 fully saturated rings. The van der Waals surface area contributed by atoms with E-state index >= 15 is 0 Å². The van der Waals surface area contributed by atoms with Gasteiger partial charge in [-0.05, 0) is 33.7 Å². The lowest BCUT2D eigenvalue weighted by Gasteiger charge is -2.34. The van der Waals surface area contributed by atoms with Crippen LogP contribution in [0.2, 0.25) is 0 Å². The third kappa shape index (κ3) is 4.47. The summed E-state index contributed by atoms with van der Waals surface area (Å²) < 4.78 is 4.84. The van der Waals surface area contributed by atoms with Crippen LogP contribution in [0.3, 0.4) is 0 Å². The van der Waals surface area contributed by atoms with Crippen LogP contribution in [0.4, 0.5) is 0 Å². The van der Waals surface area contributed by atoms with Crippen molar-refractivity contribution >= 4 is 11.8 Å². The van der Waals surface area contributed by atoms with Crippen molar-refractivity contribution < 1.29 is 14.3 Å². The maximum atomic E-state index is 12.0. The van der Waals surface area contributed by atoms with Crippen LogP contribution in [0.25, 0.3) is 0 Å². The molecular weight excluding hydrogens is 246 g/mol. The van der Waals surface area contributed by atoms with Crippen LogP contribution in [0.5, 0.6) is 0 Å². The van der Waals surface area contributed by atoms with Crippen LogP contribution in [-0.2, 0) is 14.3 Å². The van der Waals surface area contributed by atoms with Crippen LogP contribution in [0.15, 0.2) is 0 Å². The molecule has 0 aromatic carbocycles. The molecule has 2 amide bonds. The molecular formula is C13H25N3O3. The van der Waals surface area contributed by atoms with Crippen molar-refractivity contribution in [3.8, 4) is 0 Å². The highest BCUT2D eigenvalue weighted by atomic mass is 16.5. The van der Waals surface area contributed by atoms with Gasteiger partial charge in [-0.25, -0.2) is 0 Å². The first kappa shape index (κ1) is 15.9. The van der Waals surface area contributed by atoms with Gasteiger partial charge in [0.25, 0.3) is 0 Å². The normalized spacial score (nSPS) is 17.4. The van der Waals surface area contributed by atoms with Crippen molar-refractivity contribution in [3.63, 3.8) is 0 Å². The van der Waals surface area contributed by atoms with Gasteiger partial charge in [0.05, 0.1) is 5.54 Å². The van der Waals surface area contributed by atoms with Crippen LogP contribution in [0.1, 0.15) is 26.7 Å². The fourth-order valence-corrected chi connectivity index (χ4v) is 1.97. The standard InChI is InChI=1S/C13H25N3O3/c1-13(2,14-3)12(18)15-10-5-7-16(8-6-10)11(17)9-19-4/h10,14H,5-9H2,1-4H3,(H,15,18). The molecule has 6 heteroatoms. The Labute approximate surface area is 114 Å². The van der Waals surface area contributed by atoms with Crippen molar-refractivity contribution in [2.24, 2.45) is 0 Å². The van der Waals surface area contributed by atoms with Gasteiger partial charge in [-0.15, -0.1) is 0 Å². The second-order valence-corrected chi connectivity index (χ2v) is 5.44. The molecule has 1 rings (SSSR count). The monoisotopic (exact) mass is 271 g/mol. The molecule has 2 N–H and O–H groups in total. The minimum Gasteiger partial charge on any atom is -0.375 e. The van der Waals surface area contributed by atoms with Gasteiger partial charge in [0.2, 0.25) is 11.8 Å². The van der Waals surface area contributed by atoms with Crippen LogP contribution < -0.4 is 10.6 Å². The second-order valence-electron chi connectivity index (χ2n) is 5.44. The van der Waals surface area contributed by atoms with Gasteiger partial charge in [0.15, 0.2) is 0 Å². The van der Waals surface area contributed by atoms with Crippen LogP contribution in [-0.4, -0.2) is 62.1 Å².